The summed E-state index contributed by atoms with van der Waals surface area (Å²) in [5.74, 6) is 1.47. The molecule has 0 aliphatic carbocycles. The zero-order valence-electron chi connectivity index (χ0n) is 18.2. The van der Waals surface area contributed by atoms with E-state index in [0.717, 1.165) is 21.3 Å². The SMILES string of the molecule is COC(=O)CCSCC(=O)N1N=C(c2ccc(Br)cc2)CC1c1cccc(OC)c1OC. The Balaban J connectivity index is 1.87. The quantitative estimate of drug-likeness (QED) is 0.359. The van der Waals surface area contributed by atoms with E-state index >= 15 is 0 Å². The number of para-hydroxylation sites is 1. The summed E-state index contributed by atoms with van der Waals surface area (Å²) in [5.41, 5.74) is 2.60. The summed E-state index contributed by atoms with van der Waals surface area (Å²) in [6.45, 7) is 0. The number of hydrogen-bond donors (Lipinski definition) is 0. The predicted molar refractivity (Wildman–Crippen MR) is 128 cm³/mol. The number of halogens is 1. The molecule has 0 spiro atoms. The van der Waals surface area contributed by atoms with Crippen LogP contribution in [0.1, 0.15) is 30.0 Å². The van der Waals surface area contributed by atoms with Crippen LogP contribution in [-0.4, -0.2) is 55.4 Å². The molecule has 1 amide bonds. The number of hydrogen-bond acceptors (Lipinski definition) is 7. The van der Waals surface area contributed by atoms with Gasteiger partial charge in [-0.05, 0) is 23.8 Å². The highest BCUT2D eigenvalue weighted by molar-refractivity contribution is 9.10. The van der Waals surface area contributed by atoms with Gasteiger partial charge < -0.3 is 14.2 Å². The average Bonchev–Trinajstić information content (AvgIpc) is 3.26. The molecular weight excluding hydrogens is 496 g/mol. The van der Waals surface area contributed by atoms with Gasteiger partial charge in [-0.3, -0.25) is 9.59 Å². The van der Waals surface area contributed by atoms with Crippen molar-refractivity contribution in [1.82, 2.24) is 5.01 Å². The monoisotopic (exact) mass is 520 g/mol. The van der Waals surface area contributed by atoms with Crippen molar-refractivity contribution in [2.45, 2.75) is 18.9 Å². The molecule has 2 aromatic rings. The lowest BCUT2D eigenvalue weighted by molar-refractivity contribution is -0.140. The van der Waals surface area contributed by atoms with Crippen molar-refractivity contribution in [2.75, 3.05) is 32.8 Å². The van der Waals surface area contributed by atoms with Crippen LogP contribution in [-0.2, 0) is 14.3 Å². The predicted octanol–water partition coefficient (Wildman–Crippen LogP) is 4.44. The molecule has 7 nitrogen and oxygen atoms in total. The van der Waals surface area contributed by atoms with Crippen LogP contribution in [0, 0.1) is 0 Å². The molecular formula is C23H25BrN2O5S. The maximum Gasteiger partial charge on any atom is 0.306 e. The second-order valence-electron chi connectivity index (χ2n) is 6.97. The summed E-state index contributed by atoms with van der Waals surface area (Å²) in [5, 5.41) is 6.22. The normalized spacial score (nSPS) is 15.3. The first-order chi connectivity index (χ1) is 15.5. The lowest BCUT2D eigenvalue weighted by Crippen LogP contribution is -2.29. The molecule has 0 N–H and O–H groups in total. The molecule has 0 bridgehead atoms. The van der Waals surface area contributed by atoms with Gasteiger partial charge in [-0.1, -0.05) is 40.2 Å². The fourth-order valence-corrected chi connectivity index (χ4v) is 4.48. The molecule has 1 aliphatic heterocycles. The van der Waals surface area contributed by atoms with Gasteiger partial charge in [-0.15, -0.1) is 0 Å². The van der Waals surface area contributed by atoms with E-state index in [4.69, 9.17) is 14.6 Å². The van der Waals surface area contributed by atoms with Crippen molar-refractivity contribution in [3.05, 3.63) is 58.1 Å². The molecule has 0 fully saturated rings. The van der Waals surface area contributed by atoms with E-state index in [2.05, 4.69) is 20.7 Å². The van der Waals surface area contributed by atoms with E-state index in [1.165, 1.54) is 23.9 Å². The maximum absolute atomic E-state index is 13.1. The number of esters is 1. The Bertz CT molecular complexity index is 996. The molecule has 2 aromatic carbocycles. The molecule has 0 aromatic heterocycles. The average molecular weight is 521 g/mol. The molecule has 0 saturated heterocycles. The van der Waals surface area contributed by atoms with Crippen LogP contribution in [0.15, 0.2) is 52.0 Å². The van der Waals surface area contributed by atoms with Gasteiger partial charge in [-0.25, -0.2) is 5.01 Å². The third kappa shape index (κ3) is 5.63. The van der Waals surface area contributed by atoms with E-state index in [-0.39, 0.29) is 30.1 Å². The largest absolute Gasteiger partial charge is 0.493 e. The Labute approximate surface area is 200 Å². The molecule has 170 valence electrons. The van der Waals surface area contributed by atoms with Crippen molar-refractivity contribution in [1.29, 1.82) is 0 Å². The van der Waals surface area contributed by atoms with Crippen molar-refractivity contribution in [2.24, 2.45) is 5.10 Å². The smallest absolute Gasteiger partial charge is 0.306 e. The number of benzene rings is 2. The Morgan fingerprint density at radius 3 is 2.53 bits per heavy atom. The van der Waals surface area contributed by atoms with E-state index in [1.807, 2.05) is 42.5 Å². The zero-order chi connectivity index (χ0) is 23.1. The maximum atomic E-state index is 13.1. The van der Waals surface area contributed by atoms with Crippen molar-refractivity contribution in [3.8, 4) is 11.5 Å². The summed E-state index contributed by atoms with van der Waals surface area (Å²) in [7, 11) is 4.52. The molecule has 1 atom stereocenters. The summed E-state index contributed by atoms with van der Waals surface area (Å²) < 4.78 is 16.7. The zero-order valence-corrected chi connectivity index (χ0v) is 20.6. The Morgan fingerprint density at radius 1 is 1.12 bits per heavy atom. The second kappa shape index (κ2) is 11.4. The van der Waals surface area contributed by atoms with Gasteiger partial charge in [0, 0.05) is 22.2 Å². The highest BCUT2D eigenvalue weighted by Crippen LogP contribution is 2.41. The Hall–Kier alpha value is -2.52. The number of hydrazone groups is 1. The Morgan fingerprint density at radius 2 is 1.88 bits per heavy atom. The number of rotatable bonds is 9. The topological polar surface area (TPSA) is 77.4 Å². The molecule has 0 radical (unpaired) electrons. The molecule has 3 rings (SSSR count). The number of methoxy groups -OCH3 is 3. The summed E-state index contributed by atoms with van der Waals surface area (Å²) in [6, 6.07) is 13.1. The fourth-order valence-electron chi connectivity index (χ4n) is 3.46. The van der Waals surface area contributed by atoms with Gasteiger partial charge in [0.25, 0.3) is 5.91 Å². The van der Waals surface area contributed by atoms with Crippen molar-refractivity contribution < 1.29 is 23.8 Å². The first-order valence-electron chi connectivity index (χ1n) is 9.99. The van der Waals surface area contributed by atoms with Crippen molar-refractivity contribution >= 4 is 45.3 Å². The number of ether oxygens (including phenoxy) is 3. The minimum Gasteiger partial charge on any atom is -0.493 e. The number of thioether (sulfide) groups is 1. The van der Waals surface area contributed by atoms with Crippen LogP contribution in [0.2, 0.25) is 0 Å². The number of nitrogens with zero attached hydrogens (tertiary/aromatic N) is 2. The Kier molecular flexibility index (Phi) is 8.58. The highest BCUT2D eigenvalue weighted by atomic mass is 79.9. The van der Waals surface area contributed by atoms with Crippen LogP contribution in [0.3, 0.4) is 0 Å². The lowest BCUT2D eigenvalue weighted by Gasteiger charge is -2.24. The van der Waals surface area contributed by atoms with Crippen LogP contribution in [0.25, 0.3) is 0 Å². The highest BCUT2D eigenvalue weighted by Gasteiger charge is 2.35. The van der Waals surface area contributed by atoms with Crippen molar-refractivity contribution in [3.63, 3.8) is 0 Å². The van der Waals surface area contributed by atoms with Gasteiger partial charge >= 0.3 is 5.97 Å². The van der Waals surface area contributed by atoms with E-state index in [0.29, 0.717) is 23.7 Å². The molecule has 1 unspecified atom stereocenters. The van der Waals surface area contributed by atoms with Crippen LogP contribution >= 0.6 is 27.7 Å². The molecule has 1 aliphatic rings. The fraction of sp³-hybridized carbons (Fsp3) is 0.348. The summed E-state index contributed by atoms with van der Waals surface area (Å²) in [4.78, 5) is 24.5. The summed E-state index contributed by atoms with van der Waals surface area (Å²) >= 11 is 4.83. The van der Waals surface area contributed by atoms with Gasteiger partial charge in [0.2, 0.25) is 0 Å². The van der Waals surface area contributed by atoms with E-state index in [9.17, 15) is 9.59 Å². The minimum atomic E-state index is -0.326. The molecule has 0 saturated carbocycles. The van der Waals surface area contributed by atoms with Gasteiger partial charge in [0.15, 0.2) is 11.5 Å². The third-order valence-corrected chi connectivity index (χ3v) is 6.51. The number of carbonyl (C=O) groups is 2. The number of carbonyl (C=O) groups excluding carboxylic acids is 2. The van der Waals surface area contributed by atoms with Gasteiger partial charge in [-0.2, -0.15) is 16.9 Å². The lowest BCUT2D eigenvalue weighted by atomic mass is 9.97. The van der Waals surface area contributed by atoms with Gasteiger partial charge in [0.05, 0.1) is 45.3 Å². The summed E-state index contributed by atoms with van der Waals surface area (Å²) in [6.07, 6.45) is 0.804. The molecule has 32 heavy (non-hydrogen) atoms. The van der Waals surface area contributed by atoms with E-state index < -0.39 is 0 Å². The second-order valence-corrected chi connectivity index (χ2v) is 8.99. The minimum absolute atomic E-state index is 0.137. The van der Waals surface area contributed by atoms with Crippen LogP contribution in [0.5, 0.6) is 11.5 Å². The van der Waals surface area contributed by atoms with Gasteiger partial charge in [0.1, 0.15) is 0 Å². The van der Waals surface area contributed by atoms with Crippen LogP contribution < -0.4 is 9.47 Å². The first kappa shape index (κ1) is 24.1. The number of amides is 1. The van der Waals surface area contributed by atoms with Crippen LogP contribution in [0.4, 0.5) is 0 Å². The molecule has 9 heteroatoms. The van der Waals surface area contributed by atoms with E-state index in [1.54, 1.807) is 14.2 Å². The first-order valence-corrected chi connectivity index (χ1v) is 11.9. The third-order valence-electron chi connectivity index (χ3n) is 5.04. The molecule has 1 heterocycles. The standard InChI is InChI=1S/C23H25BrN2O5S/c1-29-20-6-4-5-17(23(20)31-3)19-13-18(15-7-9-16(24)10-8-15)25-26(19)21(27)14-32-12-11-22(28)30-2/h4-10,19H,11-14H2,1-3H3.